The van der Waals surface area contributed by atoms with Gasteiger partial charge in [0.15, 0.2) is 0 Å². The van der Waals surface area contributed by atoms with Gasteiger partial charge < -0.3 is 9.47 Å². The van der Waals surface area contributed by atoms with Gasteiger partial charge in [0.05, 0.1) is 24.2 Å². The van der Waals surface area contributed by atoms with E-state index in [1.807, 2.05) is 11.6 Å². The molecule has 0 aliphatic rings. The summed E-state index contributed by atoms with van der Waals surface area (Å²) < 4.78 is 36.7. The van der Waals surface area contributed by atoms with Crippen molar-refractivity contribution in [1.82, 2.24) is 4.72 Å². The second kappa shape index (κ2) is 10.4. The number of rotatable bonds is 8. The second-order valence-corrected chi connectivity index (χ2v) is 7.89. The van der Waals surface area contributed by atoms with Crippen LogP contribution < -0.4 is 9.46 Å². The predicted octanol–water partition coefficient (Wildman–Crippen LogP) is 3.01. The van der Waals surface area contributed by atoms with Crippen molar-refractivity contribution in [3.63, 3.8) is 0 Å². The first-order valence-electron chi connectivity index (χ1n) is 9.09. The highest BCUT2D eigenvalue weighted by atomic mass is 32.2. The van der Waals surface area contributed by atoms with Crippen molar-refractivity contribution in [2.45, 2.75) is 18.7 Å². The summed E-state index contributed by atoms with van der Waals surface area (Å²) in [6, 6.07) is 13.0. The standard InChI is InChI=1S/C22H23NO6S/c1-4-29-22(25)18(10-7-17-8-11-19(28-3)12-9-17)15-21(24)23-30(26,27)20-13-5-16(2)6-14-20/h5-15H,4H2,1-3H3,(H,23,24)/b10-7+,18-15-. The number of nitrogens with one attached hydrogen (secondary N) is 1. The summed E-state index contributed by atoms with van der Waals surface area (Å²) in [5, 5.41) is 0. The first-order valence-corrected chi connectivity index (χ1v) is 10.6. The Morgan fingerprint density at radius 3 is 2.23 bits per heavy atom. The van der Waals surface area contributed by atoms with Gasteiger partial charge >= 0.3 is 5.97 Å². The second-order valence-electron chi connectivity index (χ2n) is 6.21. The van der Waals surface area contributed by atoms with Crippen molar-refractivity contribution in [2.24, 2.45) is 0 Å². The fraction of sp³-hybridized carbons (Fsp3) is 0.182. The van der Waals surface area contributed by atoms with Gasteiger partial charge in [-0.1, -0.05) is 35.9 Å². The van der Waals surface area contributed by atoms with E-state index in [-0.39, 0.29) is 17.1 Å². The SMILES string of the molecule is CCOC(=O)C(=C\C(=O)NS(=O)(=O)c1ccc(C)cc1)/C=C/c1ccc(OC)cc1. The summed E-state index contributed by atoms with van der Waals surface area (Å²) in [7, 11) is -2.52. The number of amides is 1. The molecule has 0 aliphatic heterocycles. The van der Waals surface area contributed by atoms with E-state index < -0.39 is 21.9 Å². The molecule has 0 heterocycles. The quantitative estimate of drug-likeness (QED) is 0.393. The van der Waals surface area contributed by atoms with Gasteiger partial charge in [0.25, 0.3) is 15.9 Å². The molecule has 0 spiro atoms. The summed E-state index contributed by atoms with van der Waals surface area (Å²) in [5.41, 5.74) is 1.54. The molecule has 7 nitrogen and oxygen atoms in total. The van der Waals surface area contributed by atoms with E-state index >= 15 is 0 Å². The van der Waals surface area contributed by atoms with E-state index in [9.17, 15) is 18.0 Å². The van der Waals surface area contributed by atoms with Crippen LogP contribution in [0.4, 0.5) is 0 Å². The Bertz CT molecular complexity index is 1050. The van der Waals surface area contributed by atoms with Crippen molar-refractivity contribution in [1.29, 1.82) is 0 Å². The maximum absolute atomic E-state index is 12.4. The first kappa shape index (κ1) is 22.9. The molecule has 2 aromatic rings. The molecule has 0 saturated heterocycles. The van der Waals surface area contributed by atoms with Gasteiger partial charge in [-0.25, -0.2) is 17.9 Å². The monoisotopic (exact) mass is 429 g/mol. The van der Waals surface area contributed by atoms with Crippen molar-refractivity contribution in [3.8, 4) is 5.75 Å². The number of methoxy groups -OCH3 is 1. The molecule has 0 unspecified atom stereocenters. The normalized spacial score (nSPS) is 11.9. The van der Waals surface area contributed by atoms with Crippen molar-refractivity contribution < 1.29 is 27.5 Å². The third-order valence-electron chi connectivity index (χ3n) is 3.94. The number of carbonyl (C=O) groups excluding carboxylic acids is 2. The lowest BCUT2D eigenvalue weighted by atomic mass is 10.1. The third-order valence-corrected chi connectivity index (χ3v) is 5.30. The number of carbonyl (C=O) groups is 2. The Kier molecular flexibility index (Phi) is 7.94. The molecule has 2 aromatic carbocycles. The van der Waals surface area contributed by atoms with Gasteiger partial charge in [0, 0.05) is 6.08 Å². The number of aryl methyl sites for hydroxylation is 1. The minimum Gasteiger partial charge on any atom is -0.497 e. The Morgan fingerprint density at radius 2 is 1.67 bits per heavy atom. The maximum atomic E-state index is 12.4. The first-order chi connectivity index (χ1) is 14.2. The van der Waals surface area contributed by atoms with E-state index in [0.29, 0.717) is 5.75 Å². The van der Waals surface area contributed by atoms with E-state index in [2.05, 4.69) is 0 Å². The molecule has 0 fully saturated rings. The lowest BCUT2D eigenvalue weighted by molar-refractivity contribution is -0.138. The van der Waals surface area contributed by atoms with Crippen LogP contribution in [0.15, 0.2) is 71.2 Å². The van der Waals surface area contributed by atoms with E-state index in [1.54, 1.807) is 56.5 Å². The number of benzene rings is 2. The largest absolute Gasteiger partial charge is 0.497 e. The van der Waals surface area contributed by atoms with Crippen LogP contribution in [-0.4, -0.2) is 34.0 Å². The zero-order valence-corrected chi connectivity index (χ0v) is 17.7. The molecule has 0 atom stereocenters. The van der Waals surface area contributed by atoms with E-state index in [4.69, 9.17) is 9.47 Å². The minimum atomic E-state index is -4.07. The molecule has 2 rings (SSSR count). The summed E-state index contributed by atoms with van der Waals surface area (Å²) in [6.45, 7) is 3.55. The summed E-state index contributed by atoms with van der Waals surface area (Å²) in [4.78, 5) is 24.4. The average Bonchev–Trinajstić information content (AvgIpc) is 2.71. The smallest absolute Gasteiger partial charge is 0.338 e. The highest BCUT2D eigenvalue weighted by molar-refractivity contribution is 7.90. The molecule has 1 amide bonds. The lowest BCUT2D eigenvalue weighted by Crippen LogP contribution is -2.29. The molecule has 158 valence electrons. The highest BCUT2D eigenvalue weighted by Crippen LogP contribution is 2.14. The molecule has 0 aromatic heterocycles. The van der Waals surface area contributed by atoms with Crippen LogP contribution in [0, 0.1) is 6.92 Å². The number of hydrogen-bond donors (Lipinski definition) is 1. The maximum Gasteiger partial charge on any atom is 0.338 e. The van der Waals surface area contributed by atoms with Crippen LogP contribution in [-0.2, 0) is 24.3 Å². The molecule has 0 radical (unpaired) electrons. The van der Waals surface area contributed by atoms with Gasteiger partial charge in [-0.05, 0) is 49.8 Å². The zero-order chi connectivity index (χ0) is 22.1. The molecular formula is C22H23NO6S. The zero-order valence-electron chi connectivity index (χ0n) is 16.9. The Labute approximate surface area is 176 Å². The third kappa shape index (κ3) is 6.59. The van der Waals surface area contributed by atoms with Crippen molar-refractivity contribution in [2.75, 3.05) is 13.7 Å². The fourth-order valence-corrected chi connectivity index (χ4v) is 3.31. The van der Waals surface area contributed by atoms with Gasteiger partial charge in [0.2, 0.25) is 0 Å². The Hall–Kier alpha value is -3.39. The van der Waals surface area contributed by atoms with Crippen LogP contribution in [0.3, 0.4) is 0 Å². The average molecular weight is 429 g/mol. The summed E-state index contributed by atoms with van der Waals surface area (Å²) >= 11 is 0. The van der Waals surface area contributed by atoms with Crippen LogP contribution in [0.2, 0.25) is 0 Å². The number of esters is 1. The van der Waals surface area contributed by atoms with Crippen LogP contribution >= 0.6 is 0 Å². The van der Waals surface area contributed by atoms with Crippen LogP contribution in [0.5, 0.6) is 5.75 Å². The Balaban J connectivity index is 2.24. The van der Waals surface area contributed by atoms with E-state index in [1.165, 1.54) is 18.2 Å². The molecule has 1 N–H and O–H groups in total. The van der Waals surface area contributed by atoms with Gasteiger partial charge in [0.1, 0.15) is 5.75 Å². The van der Waals surface area contributed by atoms with Gasteiger partial charge in [-0.2, -0.15) is 0 Å². The topological polar surface area (TPSA) is 98.8 Å². The molecule has 0 aliphatic carbocycles. The van der Waals surface area contributed by atoms with Gasteiger partial charge in [-0.15, -0.1) is 0 Å². The predicted molar refractivity (Wildman–Crippen MR) is 113 cm³/mol. The lowest BCUT2D eigenvalue weighted by Gasteiger charge is -2.07. The van der Waals surface area contributed by atoms with Crippen molar-refractivity contribution in [3.05, 3.63) is 77.4 Å². The number of ether oxygens (including phenoxy) is 2. The Morgan fingerprint density at radius 1 is 1.03 bits per heavy atom. The molecule has 8 heteroatoms. The fourth-order valence-electron chi connectivity index (χ4n) is 2.37. The van der Waals surface area contributed by atoms with E-state index in [0.717, 1.165) is 17.2 Å². The van der Waals surface area contributed by atoms with Crippen LogP contribution in [0.1, 0.15) is 18.1 Å². The molecule has 30 heavy (non-hydrogen) atoms. The molecule has 0 bridgehead atoms. The van der Waals surface area contributed by atoms with Crippen LogP contribution in [0.25, 0.3) is 6.08 Å². The number of hydrogen-bond acceptors (Lipinski definition) is 6. The van der Waals surface area contributed by atoms with Gasteiger partial charge in [-0.3, -0.25) is 4.79 Å². The summed E-state index contributed by atoms with van der Waals surface area (Å²) in [6.07, 6.45) is 3.88. The summed E-state index contributed by atoms with van der Waals surface area (Å²) in [5.74, 6) is -1.03. The highest BCUT2D eigenvalue weighted by Gasteiger charge is 2.18. The molecule has 0 saturated carbocycles. The minimum absolute atomic E-state index is 0.0543. The number of sulfonamides is 1. The van der Waals surface area contributed by atoms with Crippen molar-refractivity contribution >= 4 is 28.0 Å². The molecular weight excluding hydrogens is 406 g/mol.